The highest BCUT2D eigenvalue weighted by atomic mass is 16.3. The fourth-order valence-corrected chi connectivity index (χ4v) is 4.87. The standard InChI is InChI=1S/C26H29N3O/c1-19-4-6-20(7-5-19)15-22-16-25(24-3-2-12-27-24)28-17-21(22)8-11-26(30)18-29-13-9-23(26)10-14-29/h2-4,6-7,12,16-17,19,23,27,30H,5,9-10,13-15,18H2,1H3. The second-order valence-electron chi connectivity index (χ2n) is 9.06. The number of piperidine rings is 3. The minimum atomic E-state index is -0.897. The third kappa shape index (κ3) is 3.88. The van der Waals surface area contributed by atoms with Crippen LogP contribution < -0.4 is 0 Å². The second-order valence-corrected chi connectivity index (χ2v) is 9.06. The lowest BCUT2D eigenvalue weighted by atomic mass is 9.75. The van der Waals surface area contributed by atoms with Gasteiger partial charge in [-0.15, -0.1) is 0 Å². The number of allylic oxidation sites excluding steroid dienone is 4. The molecule has 30 heavy (non-hydrogen) atoms. The largest absolute Gasteiger partial charge is 0.376 e. The van der Waals surface area contributed by atoms with E-state index in [9.17, 15) is 5.11 Å². The number of nitrogens with one attached hydrogen (secondary N) is 1. The van der Waals surface area contributed by atoms with Crippen molar-refractivity contribution < 1.29 is 5.11 Å². The molecule has 4 aliphatic rings. The van der Waals surface area contributed by atoms with Crippen molar-refractivity contribution in [2.75, 3.05) is 19.6 Å². The van der Waals surface area contributed by atoms with Crippen LogP contribution in [0.5, 0.6) is 0 Å². The molecule has 1 aliphatic carbocycles. The highest BCUT2D eigenvalue weighted by Gasteiger charge is 2.44. The molecule has 2 N–H and O–H groups in total. The van der Waals surface area contributed by atoms with Crippen LogP contribution in [0.3, 0.4) is 0 Å². The Morgan fingerprint density at radius 3 is 2.87 bits per heavy atom. The Balaban J connectivity index is 1.48. The zero-order valence-corrected chi connectivity index (χ0v) is 17.6. The van der Waals surface area contributed by atoms with Gasteiger partial charge in [0.05, 0.1) is 11.4 Å². The van der Waals surface area contributed by atoms with E-state index in [2.05, 4.69) is 57.9 Å². The molecule has 2 unspecified atom stereocenters. The fraction of sp³-hybridized carbons (Fsp3) is 0.423. The van der Waals surface area contributed by atoms with Crippen LogP contribution >= 0.6 is 0 Å². The first kappa shape index (κ1) is 19.4. The number of hydrogen-bond acceptors (Lipinski definition) is 3. The van der Waals surface area contributed by atoms with Crippen LogP contribution in [0, 0.1) is 23.7 Å². The quantitative estimate of drug-likeness (QED) is 0.769. The summed E-state index contributed by atoms with van der Waals surface area (Å²) in [5.41, 5.74) is 4.44. The average Bonchev–Trinajstić information content (AvgIpc) is 3.30. The van der Waals surface area contributed by atoms with Gasteiger partial charge in [-0.1, -0.05) is 37.0 Å². The Morgan fingerprint density at radius 1 is 1.33 bits per heavy atom. The molecular formula is C26H29N3O. The van der Waals surface area contributed by atoms with Gasteiger partial charge >= 0.3 is 0 Å². The molecule has 2 atom stereocenters. The van der Waals surface area contributed by atoms with Gasteiger partial charge in [0.25, 0.3) is 0 Å². The van der Waals surface area contributed by atoms with Crippen LogP contribution in [0.25, 0.3) is 11.4 Å². The summed E-state index contributed by atoms with van der Waals surface area (Å²) < 4.78 is 0. The van der Waals surface area contributed by atoms with Gasteiger partial charge in [-0.2, -0.15) is 0 Å². The molecule has 0 saturated carbocycles. The molecule has 3 saturated heterocycles. The number of fused-ring (bicyclic) bond motifs is 3. The zero-order valence-electron chi connectivity index (χ0n) is 17.6. The summed E-state index contributed by atoms with van der Waals surface area (Å²) in [4.78, 5) is 10.2. The molecule has 3 fully saturated rings. The smallest absolute Gasteiger partial charge is 0.141 e. The molecule has 0 radical (unpaired) electrons. The molecule has 6 rings (SSSR count). The van der Waals surface area contributed by atoms with Gasteiger partial charge in [0.2, 0.25) is 0 Å². The highest BCUT2D eigenvalue weighted by Crippen LogP contribution is 2.35. The summed E-state index contributed by atoms with van der Waals surface area (Å²) in [6.07, 6.45) is 14.6. The van der Waals surface area contributed by atoms with Crippen molar-refractivity contribution in [1.82, 2.24) is 14.9 Å². The summed E-state index contributed by atoms with van der Waals surface area (Å²) in [6, 6.07) is 6.17. The molecule has 0 aromatic carbocycles. The fourth-order valence-electron chi connectivity index (χ4n) is 4.87. The van der Waals surface area contributed by atoms with Crippen LogP contribution in [0.4, 0.5) is 0 Å². The monoisotopic (exact) mass is 399 g/mol. The molecular weight excluding hydrogens is 370 g/mol. The van der Waals surface area contributed by atoms with Crippen molar-refractivity contribution in [2.24, 2.45) is 11.8 Å². The predicted octanol–water partition coefficient (Wildman–Crippen LogP) is 3.95. The number of hydrogen-bond donors (Lipinski definition) is 2. The first-order valence-electron chi connectivity index (χ1n) is 11.1. The Morgan fingerprint density at radius 2 is 2.20 bits per heavy atom. The SMILES string of the molecule is CC1C=CC(Cc2cc(-c3ccc[nH]3)ncc2C#CC2(O)CN3CCC2CC3)=CC1. The maximum Gasteiger partial charge on any atom is 0.141 e. The van der Waals surface area contributed by atoms with E-state index < -0.39 is 5.60 Å². The molecule has 5 heterocycles. The Hall–Kier alpha value is -2.61. The summed E-state index contributed by atoms with van der Waals surface area (Å²) in [7, 11) is 0. The maximum atomic E-state index is 11.2. The van der Waals surface area contributed by atoms with E-state index >= 15 is 0 Å². The van der Waals surface area contributed by atoms with Crippen LogP contribution in [0.1, 0.15) is 37.3 Å². The van der Waals surface area contributed by atoms with Gasteiger partial charge in [-0.05, 0) is 74.0 Å². The molecule has 2 aromatic rings. The number of nitrogens with zero attached hydrogens (tertiary/aromatic N) is 2. The number of rotatable bonds is 3. The van der Waals surface area contributed by atoms with Gasteiger partial charge < -0.3 is 10.1 Å². The topological polar surface area (TPSA) is 52.1 Å². The summed E-state index contributed by atoms with van der Waals surface area (Å²) in [5.74, 6) is 7.48. The van der Waals surface area contributed by atoms with Crippen molar-refractivity contribution in [1.29, 1.82) is 0 Å². The minimum Gasteiger partial charge on any atom is -0.376 e. The molecule has 0 spiro atoms. The van der Waals surface area contributed by atoms with E-state index in [1.807, 2.05) is 24.5 Å². The lowest BCUT2D eigenvalue weighted by Crippen LogP contribution is -2.58. The molecule has 2 bridgehead atoms. The molecule has 4 nitrogen and oxygen atoms in total. The molecule has 3 aliphatic heterocycles. The minimum absolute atomic E-state index is 0.287. The highest BCUT2D eigenvalue weighted by molar-refractivity contribution is 5.58. The second kappa shape index (κ2) is 7.91. The third-order valence-electron chi connectivity index (χ3n) is 6.79. The number of aromatic amines is 1. The van der Waals surface area contributed by atoms with Crippen LogP contribution in [0.15, 0.2) is 54.4 Å². The first-order valence-corrected chi connectivity index (χ1v) is 11.1. The van der Waals surface area contributed by atoms with E-state index in [4.69, 9.17) is 0 Å². The third-order valence-corrected chi connectivity index (χ3v) is 6.79. The Kier molecular flexibility index (Phi) is 5.10. The van der Waals surface area contributed by atoms with E-state index in [1.165, 1.54) is 5.57 Å². The molecule has 4 heteroatoms. The van der Waals surface area contributed by atoms with Crippen molar-refractivity contribution >= 4 is 0 Å². The van der Waals surface area contributed by atoms with E-state index in [0.29, 0.717) is 12.5 Å². The number of aromatic nitrogens is 2. The number of aliphatic hydroxyl groups is 1. The average molecular weight is 400 g/mol. The summed E-state index contributed by atoms with van der Waals surface area (Å²) >= 11 is 0. The lowest BCUT2D eigenvalue weighted by Gasteiger charge is -2.47. The summed E-state index contributed by atoms with van der Waals surface area (Å²) in [6.45, 7) is 5.08. The van der Waals surface area contributed by atoms with Crippen molar-refractivity contribution in [2.45, 2.75) is 38.2 Å². The zero-order chi connectivity index (χ0) is 20.6. The predicted molar refractivity (Wildman–Crippen MR) is 120 cm³/mol. The van der Waals surface area contributed by atoms with Crippen molar-refractivity contribution in [3.8, 4) is 23.2 Å². The normalized spacial score (nSPS) is 29.9. The van der Waals surface area contributed by atoms with Crippen molar-refractivity contribution in [3.05, 3.63) is 65.5 Å². The van der Waals surface area contributed by atoms with Crippen molar-refractivity contribution in [3.63, 3.8) is 0 Å². The summed E-state index contributed by atoms with van der Waals surface area (Å²) in [5, 5.41) is 11.2. The van der Waals surface area contributed by atoms with Crippen LogP contribution in [-0.4, -0.2) is 45.2 Å². The Labute approximate surface area is 178 Å². The van der Waals surface area contributed by atoms with Gasteiger partial charge in [-0.3, -0.25) is 9.88 Å². The number of H-pyrrole nitrogens is 1. The van der Waals surface area contributed by atoms with Gasteiger partial charge in [0.1, 0.15) is 5.60 Å². The van der Waals surface area contributed by atoms with Crippen LogP contribution in [0.2, 0.25) is 0 Å². The first-order chi connectivity index (χ1) is 14.6. The molecule has 0 amide bonds. The van der Waals surface area contributed by atoms with Gasteiger partial charge in [0.15, 0.2) is 0 Å². The van der Waals surface area contributed by atoms with E-state index in [0.717, 1.165) is 61.3 Å². The van der Waals surface area contributed by atoms with Gasteiger partial charge in [-0.25, -0.2) is 0 Å². The van der Waals surface area contributed by atoms with Gasteiger partial charge in [0, 0.05) is 30.4 Å². The maximum absolute atomic E-state index is 11.2. The van der Waals surface area contributed by atoms with E-state index in [1.54, 1.807) is 0 Å². The molecule has 2 aromatic heterocycles. The van der Waals surface area contributed by atoms with Crippen LogP contribution in [-0.2, 0) is 6.42 Å². The van der Waals surface area contributed by atoms with E-state index in [-0.39, 0.29) is 5.92 Å². The number of pyridine rings is 1. The molecule has 154 valence electrons. The Bertz CT molecular complexity index is 1030. The lowest BCUT2D eigenvalue weighted by molar-refractivity contribution is -0.0713.